The molecular formula is C22H17FN8. The van der Waals surface area contributed by atoms with E-state index in [-0.39, 0.29) is 11.9 Å². The van der Waals surface area contributed by atoms with Gasteiger partial charge in [-0.2, -0.15) is 10.2 Å². The highest BCUT2D eigenvalue weighted by Gasteiger charge is 2.12. The van der Waals surface area contributed by atoms with Crippen LogP contribution in [0.2, 0.25) is 0 Å². The van der Waals surface area contributed by atoms with Crippen molar-refractivity contribution in [2.24, 2.45) is 0 Å². The lowest BCUT2D eigenvalue weighted by Crippen LogP contribution is -2.11. The van der Waals surface area contributed by atoms with Crippen LogP contribution in [0.3, 0.4) is 0 Å². The highest BCUT2D eigenvalue weighted by molar-refractivity contribution is 5.66. The summed E-state index contributed by atoms with van der Waals surface area (Å²) in [7, 11) is 0. The Kier molecular flexibility index (Phi) is 5.71. The van der Waals surface area contributed by atoms with Crippen LogP contribution in [0.4, 0.5) is 22.0 Å². The Morgan fingerprint density at radius 3 is 2.48 bits per heavy atom. The molecule has 0 spiro atoms. The number of anilines is 3. The SMILES string of the molecule is CC(Nc1nc(Nc2cnccn2)cc(-c2ccc(C#N)nc2)n1)c1ccc(F)cc1. The maximum atomic E-state index is 13.2. The molecule has 0 fully saturated rings. The zero-order valence-corrected chi connectivity index (χ0v) is 16.5. The lowest BCUT2D eigenvalue weighted by atomic mass is 10.1. The minimum Gasteiger partial charge on any atom is -0.348 e. The van der Waals surface area contributed by atoms with Crippen LogP contribution in [0.1, 0.15) is 24.2 Å². The number of halogens is 1. The van der Waals surface area contributed by atoms with Crippen LogP contribution in [-0.2, 0) is 0 Å². The van der Waals surface area contributed by atoms with E-state index < -0.39 is 0 Å². The molecule has 4 rings (SSSR count). The van der Waals surface area contributed by atoms with E-state index in [0.717, 1.165) is 11.1 Å². The molecular weight excluding hydrogens is 395 g/mol. The third kappa shape index (κ3) is 4.94. The smallest absolute Gasteiger partial charge is 0.225 e. The molecule has 31 heavy (non-hydrogen) atoms. The summed E-state index contributed by atoms with van der Waals surface area (Å²) in [6.45, 7) is 1.93. The van der Waals surface area contributed by atoms with Crippen LogP contribution >= 0.6 is 0 Å². The van der Waals surface area contributed by atoms with Gasteiger partial charge in [-0.1, -0.05) is 12.1 Å². The number of nitrogens with zero attached hydrogens (tertiary/aromatic N) is 6. The molecule has 2 N–H and O–H groups in total. The van der Waals surface area contributed by atoms with Crippen molar-refractivity contribution in [3.63, 3.8) is 0 Å². The van der Waals surface area contributed by atoms with E-state index in [0.29, 0.717) is 29.0 Å². The lowest BCUT2D eigenvalue weighted by molar-refractivity contribution is 0.626. The molecule has 0 radical (unpaired) electrons. The van der Waals surface area contributed by atoms with Crippen molar-refractivity contribution in [3.8, 4) is 17.3 Å². The lowest BCUT2D eigenvalue weighted by Gasteiger charge is -2.16. The summed E-state index contributed by atoms with van der Waals surface area (Å²) in [6.07, 6.45) is 6.32. The molecule has 0 saturated carbocycles. The molecule has 152 valence electrons. The molecule has 1 unspecified atom stereocenters. The zero-order valence-electron chi connectivity index (χ0n) is 16.5. The van der Waals surface area contributed by atoms with Crippen molar-refractivity contribution in [3.05, 3.63) is 84.3 Å². The molecule has 0 aliphatic heterocycles. The molecule has 1 atom stereocenters. The Morgan fingerprint density at radius 2 is 1.81 bits per heavy atom. The highest BCUT2D eigenvalue weighted by atomic mass is 19.1. The molecule has 0 amide bonds. The number of rotatable bonds is 6. The third-order valence-corrected chi connectivity index (χ3v) is 4.43. The number of hydrogen-bond donors (Lipinski definition) is 2. The summed E-state index contributed by atoms with van der Waals surface area (Å²) in [4.78, 5) is 21.5. The number of benzene rings is 1. The Hall–Kier alpha value is -4.45. The Bertz CT molecular complexity index is 1210. The van der Waals surface area contributed by atoms with Gasteiger partial charge in [0.05, 0.1) is 17.9 Å². The highest BCUT2D eigenvalue weighted by Crippen LogP contribution is 2.25. The van der Waals surface area contributed by atoms with Gasteiger partial charge in [-0.25, -0.2) is 19.3 Å². The van der Waals surface area contributed by atoms with Gasteiger partial charge in [0.1, 0.15) is 29.2 Å². The van der Waals surface area contributed by atoms with Crippen molar-refractivity contribution in [2.45, 2.75) is 13.0 Å². The predicted molar refractivity (Wildman–Crippen MR) is 114 cm³/mol. The normalized spacial score (nSPS) is 11.4. The summed E-state index contributed by atoms with van der Waals surface area (Å²) < 4.78 is 13.2. The number of nitrogens with one attached hydrogen (secondary N) is 2. The van der Waals surface area contributed by atoms with Crippen LogP contribution in [0.15, 0.2) is 67.3 Å². The summed E-state index contributed by atoms with van der Waals surface area (Å²) in [6, 6.07) is 13.2. The molecule has 9 heteroatoms. The maximum Gasteiger partial charge on any atom is 0.225 e. The van der Waals surface area contributed by atoms with E-state index in [9.17, 15) is 4.39 Å². The van der Waals surface area contributed by atoms with Gasteiger partial charge in [-0.15, -0.1) is 0 Å². The monoisotopic (exact) mass is 412 g/mol. The molecule has 0 aliphatic carbocycles. The average molecular weight is 412 g/mol. The molecule has 3 aromatic heterocycles. The molecule has 1 aromatic carbocycles. The van der Waals surface area contributed by atoms with E-state index >= 15 is 0 Å². The van der Waals surface area contributed by atoms with Crippen LogP contribution in [0, 0.1) is 17.1 Å². The first-order valence-electron chi connectivity index (χ1n) is 9.41. The van der Waals surface area contributed by atoms with Gasteiger partial charge in [0.15, 0.2) is 0 Å². The summed E-state index contributed by atoms with van der Waals surface area (Å²) >= 11 is 0. The first kappa shape index (κ1) is 19.8. The quantitative estimate of drug-likeness (QED) is 0.483. The van der Waals surface area contributed by atoms with Gasteiger partial charge < -0.3 is 10.6 Å². The van der Waals surface area contributed by atoms with Gasteiger partial charge in [-0.05, 0) is 36.8 Å². The first-order chi connectivity index (χ1) is 15.1. The zero-order chi connectivity index (χ0) is 21.6. The Morgan fingerprint density at radius 1 is 0.968 bits per heavy atom. The van der Waals surface area contributed by atoms with Crippen molar-refractivity contribution < 1.29 is 4.39 Å². The molecule has 0 saturated heterocycles. The van der Waals surface area contributed by atoms with Crippen LogP contribution in [0.25, 0.3) is 11.3 Å². The summed E-state index contributed by atoms with van der Waals surface area (Å²) in [5.74, 6) is 1.11. The van der Waals surface area contributed by atoms with Crippen LogP contribution in [0.5, 0.6) is 0 Å². The number of aromatic nitrogens is 5. The maximum absolute atomic E-state index is 13.2. The third-order valence-electron chi connectivity index (χ3n) is 4.43. The van der Waals surface area contributed by atoms with E-state index in [1.54, 1.807) is 55.1 Å². The van der Waals surface area contributed by atoms with Gasteiger partial charge in [0.2, 0.25) is 5.95 Å². The van der Waals surface area contributed by atoms with Crippen LogP contribution < -0.4 is 10.6 Å². The van der Waals surface area contributed by atoms with Gasteiger partial charge in [0, 0.05) is 30.2 Å². The molecule has 0 bridgehead atoms. The second-order valence-electron chi connectivity index (χ2n) is 6.64. The van der Waals surface area contributed by atoms with Crippen molar-refractivity contribution in [1.29, 1.82) is 5.26 Å². The minimum absolute atomic E-state index is 0.167. The van der Waals surface area contributed by atoms with E-state index in [1.165, 1.54) is 12.1 Å². The Balaban J connectivity index is 1.67. The van der Waals surface area contributed by atoms with E-state index in [1.807, 2.05) is 13.0 Å². The first-order valence-corrected chi connectivity index (χ1v) is 9.41. The standard InChI is InChI=1S/C22H17FN8/c1-14(15-2-5-17(23)6-3-15)28-22-29-19(16-4-7-18(11-24)27-12-16)10-20(31-22)30-21-13-25-8-9-26-21/h2-10,12-14H,1H3,(H2,26,28,29,30,31). The fraction of sp³-hybridized carbons (Fsp3) is 0.0909. The van der Waals surface area contributed by atoms with Gasteiger partial charge >= 0.3 is 0 Å². The minimum atomic E-state index is -0.294. The van der Waals surface area contributed by atoms with Crippen molar-refractivity contribution >= 4 is 17.6 Å². The average Bonchev–Trinajstić information content (AvgIpc) is 2.80. The summed E-state index contributed by atoms with van der Waals surface area (Å²) in [5.41, 5.74) is 2.53. The topological polar surface area (TPSA) is 112 Å². The fourth-order valence-electron chi connectivity index (χ4n) is 2.86. The van der Waals surface area contributed by atoms with Gasteiger partial charge in [-0.3, -0.25) is 4.98 Å². The fourth-order valence-corrected chi connectivity index (χ4v) is 2.86. The number of hydrogen-bond acceptors (Lipinski definition) is 8. The number of pyridine rings is 1. The van der Waals surface area contributed by atoms with Crippen molar-refractivity contribution in [2.75, 3.05) is 10.6 Å². The molecule has 0 aliphatic rings. The largest absolute Gasteiger partial charge is 0.348 e. The van der Waals surface area contributed by atoms with Gasteiger partial charge in [0.25, 0.3) is 0 Å². The molecule has 8 nitrogen and oxygen atoms in total. The molecule has 4 aromatic rings. The number of nitriles is 1. The Labute approximate surface area is 177 Å². The second-order valence-corrected chi connectivity index (χ2v) is 6.64. The van der Waals surface area contributed by atoms with Crippen LogP contribution in [-0.4, -0.2) is 24.9 Å². The summed E-state index contributed by atoms with van der Waals surface area (Å²) in [5, 5.41) is 15.3. The molecule has 3 heterocycles. The van der Waals surface area contributed by atoms with Crippen molar-refractivity contribution in [1.82, 2.24) is 24.9 Å². The second kappa shape index (κ2) is 8.92. The van der Waals surface area contributed by atoms with E-state index in [2.05, 4.69) is 35.6 Å². The predicted octanol–water partition coefficient (Wildman–Crippen LogP) is 4.26. The van der Waals surface area contributed by atoms with E-state index in [4.69, 9.17) is 5.26 Å².